The maximum absolute atomic E-state index is 12.3. The first-order valence-corrected chi connectivity index (χ1v) is 12.7. The van der Waals surface area contributed by atoms with E-state index < -0.39 is 8.32 Å². The zero-order valence-corrected chi connectivity index (χ0v) is 17.1. The molecule has 1 radical (unpaired) electrons. The van der Waals surface area contributed by atoms with E-state index in [9.17, 15) is 4.79 Å². The number of rotatable bonds is 16. The van der Waals surface area contributed by atoms with Gasteiger partial charge >= 0.3 is 0 Å². The summed E-state index contributed by atoms with van der Waals surface area (Å²) in [5, 5.41) is 0. The van der Waals surface area contributed by atoms with E-state index in [1.54, 1.807) is 0 Å². The van der Waals surface area contributed by atoms with Crippen molar-refractivity contribution in [3.05, 3.63) is 6.92 Å². The molecule has 0 atom stereocenters. The fraction of sp³-hybridized carbons (Fsp3) is 0.900. The number of hydrogen-bond donors (Lipinski definition) is 0. The molecule has 3 heteroatoms. The highest BCUT2D eigenvalue weighted by Gasteiger charge is 2.36. The molecule has 0 aliphatic rings. The molecule has 0 bridgehead atoms. The average molecular weight is 342 g/mol. The van der Waals surface area contributed by atoms with Crippen LogP contribution in [0, 0.1) is 6.92 Å². The van der Waals surface area contributed by atoms with E-state index in [4.69, 9.17) is 4.43 Å². The van der Waals surface area contributed by atoms with Crippen LogP contribution in [0.15, 0.2) is 0 Å². The smallest absolute Gasteiger partial charge is 0.292 e. The first-order chi connectivity index (χ1) is 11.1. The van der Waals surface area contributed by atoms with Gasteiger partial charge in [0.15, 0.2) is 0 Å². The van der Waals surface area contributed by atoms with Crippen LogP contribution in [-0.4, -0.2) is 14.3 Å². The van der Waals surface area contributed by atoms with E-state index in [2.05, 4.69) is 27.7 Å². The van der Waals surface area contributed by atoms with Crippen molar-refractivity contribution < 1.29 is 9.22 Å². The van der Waals surface area contributed by atoms with Gasteiger partial charge in [0.2, 0.25) is 0 Å². The number of carbonyl (C=O) groups excluding carboxylic acids is 1. The summed E-state index contributed by atoms with van der Waals surface area (Å²) >= 11 is 0. The van der Waals surface area contributed by atoms with E-state index in [0.717, 1.165) is 12.8 Å². The molecule has 0 aromatic rings. The maximum atomic E-state index is 12.3. The van der Waals surface area contributed by atoms with Crippen LogP contribution in [0.5, 0.6) is 0 Å². The summed E-state index contributed by atoms with van der Waals surface area (Å²) in [4.78, 5) is 12.3. The van der Waals surface area contributed by atoms with Gasteiger partial charge in [0.25, 0.3) is 14.3 Å². The largest absolute Gasteiger partial charge is 0.519 e. The van der Waals surface area contributed by atoms with Gasteiger partial charge in [-0.15, -0.1) is 0 Å². The Labute approximate surface area is 146 Å². The van der Waals surface area contributed by atoms with Crippen LogP contribution in [0.25, 0.3) is 0 Å². The molecule has 0 aliphatic heterocycles. The number of hydrogen-bond acceptors (Lipinski definition) is 2. The summed E-state index contributed by atoms with van der Waals surface area (Å²) < 4.78 is 6.25. The van der Waals surface area contributed by atoms with Gasteiger partial charge in [-0.25, -0.2) is 0 Å². The van der Waals surface area contributed by atoms with Crippen molar-refractivity contribution in [3.63, 3.8) is 0 Å². The molecule has 0 N–H and O–H groups in total. The normalized spacial score (nSPS) is 11.7. The van der Waals surface area contributed by atoms with Crippen molar-refractivity contribution in [3.8, 4) is 0 Å². The van der Waals surface area contributed by atoms with Crippen molar-refractivity contribution in [1.29, 1.82) is 0 Å². The Morgan fingerprint density at radius 3 is 1.57 bits per heavy atom. The van der Waals surface area contributed by atoms with Crippen molar-refractivity contribution in [1.82, 2.24) is 0 Å². The lowest BCUT2D eigenvalue weighted by Gasteiger charge is -2.31. The zero-order valence-electron chi connectivity index (χ0n) is 16.1. The van der Waals surface area contributed by atoms with Gasteiger partial charge in [-0.2, -0.15) is 0 Å². The summed E-state index contributed by atoms with van der Waals surface area (Å²) in [7, 11) is -1.89. The van der Waals surface area contributed by atoms with Crippen LogP contribution in [-0.2, 0) is 9.22 Å². The third kappa shape index (κ3) is 11.8. The van der Waals surface area contributed by atoms with E-state index in [1.807, 2.05) is 0 Å². The molecule has 0 rings (SSSR count). The monoisotopic (exact) mass is 341 g/mol. The Morgan fingerprint density at radius 1 is 0.783 bits per heavy atom. The van der Waals surface area contributed by atoms with Crippen molar-refractivity contribution >= 4 is 14.3 Å². The lowest BCUT2D eigenvalue weighted by atomic mass is 10.3. The second-order valence-electron chi connectivity index (χ2n) is 6.99. The third-order valence-corrected chi connectivity index (χ3v) is 9.12. The lowest BCUT2D eigenvalue weighted by molar-refractivity contribution is -0.135. The number of unbranched alkanes of at least 4 members (excludes halogenated alkanes) is 7. The first-order valence-electron chi connectivity index (χ1n) is 10.1. The van der Waals surface area contributed by atoms with E-state index in [-0.39, 0.29) is 5.97 Å². The van der Waals surface area contributed by atoms with E-state index in [0.29, 0.717) is 6.42 Å². The molecule has 2 nitrogen and oxygen atoms in total. The second kappa shape index (κ2) is 15.2. The minimum absolute atomic E-state index is 0.0600. The summed E-state index contributed by atoms with van der Waals surface area (Å²) in [5.74, 6) is 0.0600. The summed E-state index contributed by atoms with van der Waals surface area (Å²) in [6.45, 7) is 10.6. The topological polar surface area (TPSA) is 26.3 Å². The van der Waals surface area contributed by atoms with Crippen LogP contribution < -0.4 is 0 Å². The highest BCUT2D eigenvalue weighted by Crippen LogP contribution is 2.31. The third-order valence-electron chi connectivity index (χ3n) is 4.67. The molecule has 0 saturated carbocycles. The molecule has 0 aliphatic carbocycles. The van der Waals surface area contributed by atoms with Gasteiger partial charge in [0.1, 0.15) is 0 Å². The Hall–Kier alpha value is -0.313. The first kappa shape index (κ1) is 22.7. The van der Waals surface area contributed by atoms with Crippen LogP contribution in [0.3, 0.4) is 0 Å². The molecule has 0 spiro atoms. The van der Waals surface area contributed by atoms with Gasteiger partial charge in [-0.1, -0.05) is 91.9 Å². The highest BCUT2D eigenvalue weighted by atomic mass is 28.4. The fourth-order valence-corrected chi connectivity index (χ4v) is 7.51. The quantitative estimate of drug-likeness (QED) is 0.222. The molecule has 0 fully saturated rings. The van der Waals surface area contributed by atoms with Crippen molar-refractivity contribution in [2.75, 3.05) is 0 Å². The lowest BCUT2D eigenvalue weighted by Crippen LogP contribution is -2.40. The van der Waals surface area contributed by atoms with Crippen LogP contribution in [0.4, 0.5) is 0 Å². The molecule has 0 unspecified atom stereocenters. The van der Waals surface area contributed by atoms with Gasteiger partial charge in [-0.3, -0.25) is 4.79 Å². The summed E-state index contributed by atoms with van der Waals surface area (Å²) in [6.07, 6.45) is 13.5. The highest BCUT2D eigenvalue weighted by molar-refractivity contribution is 6.75. The molecule has 0 amide bonds. The van der Waals surface area contributed by atoms with Crippen LogP contribution in [0.2, 0.25) is 18.1 Å². The van der Waals surface area contributed by atoms with Crippen LogP contribution >= 0.6 is 0 Å². The molecule has 0 aromatic heterocycles. The van der Waals surface area contributed by atoms with Crippen LogP contribution in [0.1, 0.15) is 97.8 Å². The van der Waals surface area contributed by atoms with Crippen molar-refractivity contribution in [2.45, 2.75) is 116 Å². The van der Waals surface area contributed by atoms with Gasteiger partial charge in [-0.05, 0) is 24.6 Å². The molecule has 0 heterocycles. The molecular formula is C20H41O2Si. The minimum atomic E-state index is -1.89. The Kier molecular flexibility index (Phi) is 15.0. The van der Waals surface area contributed by atoms with E-state index >= 15 is 0 Å². The Balaban J connectivity index is 4.81. The predicted molar refractivity (Wildman–Crippen MR) is 104 cm³/mol. The summed E-state index contributed by atoms with van der Waals surface area (Å²) in [6, 6.07) is 3.55. The zero-order chi connectivity index (χ0) is 17.4. The Bertz CT molecular complexity index is 252. The van der Waals surface area contributed by atoms with Gasteiger partial charge < -0.3 is 4.43 Å². The molecule has 137 valence electrons. The second-order valence-corrected chi connectivity index (χ2v) is 11.1. The molecule has 0 saturated heterocycles. The predicted octanol–water partition coefficient (Wildman–Crippen LogP) is 7.05. The molecule has 0 aromatic carbocycles. The fourth-order valence-electron chi connectivity index (χ4n) is 3.18. The Morgan fingerprint density at radius 2 is 1.22 bits per heavy atom. The van der Waals surface area contributed by atoms with Gasteiger partial charge in [0.05, 0.1) is 0 Å². The average Bonchev–Trinajstić information content (AvgIpc) is 2.53. The van der Waals surface area contributed by atoms with E-state index in [1.165, 1.54) is 75.9 Å². The standard InChI is InChI=1S/C20H41O2Si/c1-5-9-13-17-23(18-14-10-6-2,19-15-11-7-3)22-20(21)16-12-8-4/h4-19H2,1-3H3. The number of carbonyl (C=O) groups is 1. The summed E-state index contributed by atoms with van der Waals surface area (Å²) in [5.41, 5.74) is 0. The SMILES string of the molecule is [CH2]CCCC(=O)O[Si](CCCCC)(CCCCC)CCCCC. The minimum Gasteiger partial charge on any atom is -0.519 e. The molecular weight excluding hydrogens is 300 g/mol. The van der Waals surface area contributed by atoms with Crippen molar-refractivity contribution in [2.24, 2.45) is 0 Å². The maximum Gasteiger partial charge on any atom is 0.292 e. The van der Waals surface area contributed by atoms with Gasteiger partial charge in [0, 0.05) is 6.42 Å². The molecule has 23 heavy (non-hydrogen) atoms.